The van der Waals surface area contributed by atoms with Crippen molar-refractivity contribution < 1.29 is 47.8 Å². The Kier molecular flexibility index (Phi) is 29.2. The van der Waals surface area contributed by atoms with Crippen LogP contribution in [0.5, 0.6) is 0 Å². The Balaban J connectivity index is 3.95. The molecule has 0 heterocycles. The molecule has 260 valence electrons. The summed E-state index contributed by atoms with van der Waals surface area (Å²) in [4.78, 5) is 33.8. The highest BCUT2D eigenvalue weighted by molar-refractivity contribution is 7.47. The van der Waals surface area contributed by atoms with Crippen LogP contribution in [0.3, 0.4) is 0 Å². The van der Waals surface area contributed by atoms with Crippen molar-refractivity contribution in [3.63, 3.8) is 0 Å². The number of ether oxygens (including phenoxy) is 2. The maximum Gasteiger partial charge on any atom is 0.472 e. The number of carbonyl (C=O) groups is 2. The van der Waals surface area contributed by atoms with Crippen LogP contribution in [0.2, 0.25) is 0 Å². The first kappa shape index (κ1) is 42.9. The van der Waals surface area contributed by atoms with Crippen LogP contribution in [0, 0.1) is 0 Å². The number of phosphoric ester groups is 1. The minimum atomic E-state index is -4.61. The van der Waals surface area contributed by atoms with Gasteiger partial charge in [-0.1, -0.05) is 101 Å². The molecule has 0 rings (SSSR count). The highest BCUT2D eigenvalue weighted by Crippen LogP contribution is 2.43. The van der Waals surface area contributed by atoms with Gasteiger partial charge in [0.05, 0.1) is 26.4 Å². The van der Waals surface area contributed by atoms with E-state index in [1.54, 1.807) is 0 Å². The van der Waals surface area contributed by atoms with Crippen LogP contribution in [-0.4, -0.2) is 65.7 Å². The maximum atomic E-state index is 12.2. The fourth-order valence-corrected chi connectivity index (χ4v) is 4.77. The molecular formula is C34H59O10P. The SMILES string of the molecule is CC/C=C\C/C=C\C/C=C\C/C=C\CCCCCCCCC(=O)OC(CO)COP(=O)(O)OCC(CO)OC(=O)CCCCC. The number of allylic oxidation sites excluding steroid dienone is 8. The van der Waals surface area contributed by atoms with E-state index < -0.39 is 58.4 Å². The first-order chi connectivity index (χ1) is 21.8. The monoisotopic (exact) mass is 658 g/mol. The second-order valence-electron chi connectivity index (χ2n) is 10.8. The van der Waals surface area contributed by atoms with E-state index in [1.165, 1.54) is 0 Å². The summed E-state index contributed by atoms with van der Waals surface area (Å²) >= 11 is 0. The number of rotatable bonds is 30. The van der Waals surface area contributed by atoms with Gasteiger partial charge in [0.15, 0.2) is 0 Å². The molecule has 0 amide bonds. The van der Waals surface area contributed by atoms with Gasteiger partial charge in [-0.2, -0.15) is 0 Å². The number of phosphoric acid groups is 1. The second-order valence-corrected chi connectivity index (χ2v) is 12.2. The average molecular weight is 659 g/mol. The van der Waals surface area contributed by atoms with Crippen molar-refractivity contribution in [3.05, 3.63) is 48.6 Å². The summed E-state index contributed by atoms with van der Waals surface area (Å²) in [6.07, 6.45) is 29.1. The van der Waals surface area contributed by atoms with Crippen molar-refractivity contribution in [3.8, 4) is 0 Å². The molecule has 11 heteroatoms. The molecule has 0 spiro atoms. The number of aliphatic hydroxyl groups is 2. The van der Waals surface area contributed by atoms with Crippen LogP contribution in [-0.2, 0) is 32.7 Å². The van der Waals surface area contributed by atoms with E-state index in [0.717, 1.165) is 77.0 Å². The Bertz CT molecular complexity index is 899. The predicted molar refractivity (Wildman–Crippen MR) is 177 cm³/mol. The van der Waals surface area contributed by atoms with Crippen LogP contribution in [0.15, 0.2) is 48.6 Å². The van der Waals surface area contributed by atoms with E-state index in [1.807, 2.05) is 6.92 Å². The Hall–Kier alpha value is -2.07. The molecule has 0 fully saturated rings. The lowest BCUT2D eigenvalue weighted by atomic mass is 10.1. The topological polar surface area (TPSA) is 149 Å². The lowest BCUT2D eigenvalue weighted by Gasteiger charge is -2.20. The van der Waals surface area contributed by atoms with Gasteiger partial charge >= 0.3 is 19.8 Å². The first-order valence-corrected chi connectivity index (χ1v) is 18.1. The Morgan fingerprint density at radius 3 is 1.51 bits per heavy atom. The summed E-state index contributed by atoms with van der Waals surface area (Å²) in [5.41, 5.74) is 0. The third-order valence-corrected chi connectivity index (χ3v) is 7.51. The largest absolute Gasteiger partial charge is 0.472 e. The van der Waals surface area contributed by atoms with Crippen LogP contribution < -0.4 is 0 Å². The zero-order chi connectivity index (χ0) is 33.4. The quantitative estimate of drug-likeness (QED) is 0.0308. The van der Waals surface area contributed by atoms with Gasteiger partial charge in [-0.3, -0.25) is 18.6 Å². The summed E-state index contributed by atoms with van der Waals surface area (Å²) < 4.78 is 32.0. The second kappa shape index (κ2) is 30.6. The number of esters is 2. The van der Waals surface area contributed by atoms with Crippen molar-refractivity contribution in [1.29, 1.82) is 0 Å². The third kappa shape index (κ3) is 29.1. The molecule has 10 nitrogen and oxygen atoms in total. The molecule has 3 atom stereocenters. The zero-order valence-electron chi connectivity index (χ0n) is 27.6. The highest BCUT2D eigenvalue weighted by atomic mass is 31.2. The smallest absolute Gasteiger partial charge is 0.457 e. The van der Waals surface area contributed by atoms with Crippen LogP contribution in [0.25, 0.3) is 0 Å². The number of carbonyl (C=O) groups excluding carboxylic acids is 2. The fraction of sp³-hybridized carbons (Fsp3) is 0.706. The van der Waals surface area contributed by atoms with E-state index in [4.69, 9.17) is 18.5 Å². The number of hydrogen-bond acceptors (Lipinski definition) is 9. The molecule has 0 bridgehead atoms. The zero-order valence-corrected chi connectivity index (χ0v) is 28.5. The molecule has 0 aliphatic heterocycles. The molecule has 45 heavy (non-hydrogen) atoms. The number of hydrogen-bond donors (Lipinski definition) is 3. The van der Waals surface area contributed by atoms with Gasteiger partial charge in [0, 0.05) is 12.8 Å². The predicted octanol–water partition coefficient (Wildman–Crippen LogP) is 7.43. The summed E-state index contributed by atoms with van der Waals surface area (Å²) in [5, 5.41) is 18.8. The molecule has 3 unspecified atom stereocenters. The Labute approximate surface area is 271 Å². The molecule has 0 radical (unpaired) electrons. The molecule has 0 aromatic heterocycles. The van der Waals surface area contributed by atoms with Gasteiger partial charge in [-0.25, -0.2) is 4.57 Å². The molecule has 0 saturated carbocycles. The standard InChI is InChI=1S/C34H59O10P/c1-3-5-7-8-9-10-11-12-13-14-15-16-17-18-19-20-21-22-24-26-34(38)44-32(28-36)30-42-45(39,40)41-29-31(27-35)43-33(37)25-23-6-4-2/h5,7,9-10,12-13,15-16,31-32,35-36H,3-4,6,8,11,14,17-30H2,1-2H3,(H,39,40)/b7-5-,10-9-,13-12-,16-15-. The highest BCUT2D eigenvalue weighted by Gasteiger charge is 2.27. The van der Waals surface area contributed by atoms with E-state index in [2.05, 4.69) is 55.5 Å². The Morgan fingerprint density at radius 2 is 1.04 bits per heavy atom. The Morgan fingerprint density at radius 1 is 0.622 bits per heavy atom. The molecule has 0 saturated heterocycles. The third-order valence-electron chi connectivity index (χ3n) is 6.56. The van der Waals surface area contributed by atoms with Crippen LogP contribution in [0.1, 0.15) is 117 Å². The van der Waals surface area contributed by atoms with Crippen molar-refractivity contribution in [2.24, 2.45) is 0 Å². The summed E-state index contributed by atoms with van der Waals surface area (Å²) in [6, 6.07) is 0. The van der Waals surface area contributed by atoms with Gasteiger partial charge < -0.3 is 24.6 Å². The number of aliphatic hydroxyl groups excluding tert-OH is 2. The maximum absolute atomic E-state index is 12.2. The van der Waals surface area contributed by atoms with E-state index in [9.17, 15) is 29.3 Å². The summed E-state index contributed by atoms with van der Waals surface area (Å²) in [5.74, 6) is -1.06. The van der Waals surface area contributed by atoms with E-state index in [-0.39, 0.29) is 12.8 Å². The molecule has 0 aliphatic rings. The molecule has 0 aromatic carbocycles. The van der Waals surface area contributed by atoms with Crippen molar-refractivity contribution in [1.82, 2.24) is 0 Å². The molecular weight excluding hydrogens is 599 g/mol. The van der Waals surface area contributed by atoms with Crippen molar-refractivity contribution in [2.75, 3.05) is 26.4 Å². The van der Waals surface area contributed by atoms with Gasteiger partial charge in [-0.15, -0.1) is 0 Å². The molecule has 0 aliphatic carbocycles. The van der Waals surface area contributed by atoms with E-state index in [0.29, 0.717) is 12.8 Å². The normalized spacial score (nSPS) is 14.9. The average Bonchev–Trinajstić information content (AvgIpc) is 3.02. The summed E-state index contributed by atoms with van der Waals surface area (Å²) in [7, 11) is -4.61. The van der Waals surface area contributed by atoms with Crippen LogP contribution >= 0.6 is 7.82 Å². The van der Waals surface area contributed by atoms with Gasteiger partial charge in [0.1, 0.15) is 12.2 Å². The van der Waals surface area contributed by atoms with Crippen LogP contribution in [0.4, 0.5) is 0 Å². The number of unbranched alkanes of at least 4 members (excludes halogenated alkanes) is 8. The molecule has 0 aromatic rings. The fourth-order valence-electron chi connectivity index (χ4n) is 3.99. The summed E-state index contributed by atoms with van der Waals surface area (Å²) in [6.45, 7) is 1.82. The first-order valence-electron chi connectivity index (χ1n) is 16.6. The van der Waals surface area contributed by atoms with Gasteiger partial charge in [0.25, 0.3) is 0 Å². The van der Waals surface area contributed by atoms with E-state index >= 15 is 0 Å². The van der Waals surface area contributed by atoms with Gasteiger partial charge in [0.2, 0.25) is 0 Å². The van der Waals surface area contributed by atoms with Crippen molar-refractivity contribution >= 4 is 19.8 Å². The molecule has 3 N–H and O–H groups in total. The van der Waals surface area contributed by atoms with Crippen molar-refractivity contribution in [2.45, 2.75) is 129 Å². The lowest BCUT2D eigenvalue weighted by molar-refractivity contribution is -0.153. The minimum absolute atomic E-state index is 0.174. The lowest BCUT2D eigenvalue weighted by Crippen LogP contribution is -2.28. The van der Waals surface area contributed by atoms with Gasteiger partial charge in [-0.05, 0) is 51.4 Å². The minimum Gasteiger partial charge on any atom is -0.457 e.